The average molecular weight is 259 g/mol. The van der Waals surface area contributed by atoms with Gasteiger partial charge in [-0.15, -0.1) is 0 Å². The first-order valence-electron chi connectivity index (χ1n) is 5.79. The van der Waals surface area contributed by atoms with Gasteiger partial charge in [0, 0.05) is 14.1 Å². The maximum atomic E-state index is 9.13. The van der Waals surface area contributed by atoms with E-state index in [-0.39, 0.29) is 6.61 Å². The molecule has 3 aromatic rings. The van der Waals surface area contributed by atoms with Crippen LogP contribution in [0.3, 0.4) is 0 Å². The van der Waals surface area contributed by atoms with Crippen LogP contribution in [0.15, 0.2) is 22.7 Å². The van der Waals surface area contributed by atoms with Gasteiger partial charge < -0.3 is 19.5 Å². The minimum atomic E-state index is -0.138. The molecule has 0 saturated carbocycles. The predicted molar refractivity (Wildman–Crippen MR) is 69.6 cm³/mol. The Morgan fingerprint density at radius 2 is 2.16 bits per heavy atom. The lowest BCUT2D eigenvalue weighted by Gasteiger charge is -2.02. The lowest BCUT2D eigenvalue weighted by Crippen LogP contribution is -2.10. The van der Waals surface area contributed by atoms with Crippen molar-refractivity contribution >= 4 is 17.0 Å². The zero-order chi connectivity index (χ0) is 13.4. The van der Waals surface area contributed by atoms with Crippen LogP contribution in [0.5, 0.6) is 0 Å². The van der Waals surface area contributed by atoms with Crippen LogP contribution >= 0.6 is 0 Å². The van der Waals surface area contributed by atoms with Crippen LogP contribution in [0.2, 0.25) is 0 Å². The van der Waals surface area contributed by atoms with E-state index in [0.29, 0.717) is 23.2 Å². The van der Waals surface area contributed by atoms with E-state index in [4.69, 9.17) is 9.63 Å². The van der Waals surface area contributed by atoms with E-state index in [1.54, 1.807) is 4.90 Å². The summed E-state index contributed by atoms with van der Waals surface area (Å²) in [7, 11) is 3.68. The fraction of sp³-hybridized carbons (Fsp3) is 0.250. The number of aromatic amines is 1. The van der Waals surface area contributed by atoms with Gasteiger partial charge in [0.25, 0.3) is 11.8 Å². The number of rotatable bonds is 3. The van der Waals surface area contributed by atoms with Crippen molar-refractivity contribution in [2.24, 2.45) is 0 Å². The van der Waals surface area contributed by atoms with Crippen molar-refractivity contribution in [2.45, 2.75) is 6.61 Å². The summed E-state index contributed by atoms with van der Waals surface area (Å²) in [5.41, 5.74) is 2.28. The van der Waals surface area contributed by atoms with Gasteiger partial charge >= 0.3 is 0 Å². The first-order valence-corrected chi connectivity index (χ1v) is 5.79. The van der Waals surface area contributed by atoms with E-state index in [1.807, 2.05) is 32.3 Å². The zero-order valence-electron chi connectivity index (χ0n) is 10.6. The largest absolute Gasteiger partial charge is 0.388 e. The second-order valence-corrected chi connectivity index (χ2v) is 4.34. The number of aromatic nitrogens is 4. The summed E-state index contributed by atoms with van der Waals surface area (Å²) in [6, 6.07) is 5.61. The lowest BCUT2D eigenvalue weighted by atomic mass is 10.2. The quantitative estimate of drug-likeness (QED) is 0.733. The molecule has 0 aliphatic rings. The van der Waals surface area contributed by atoms with E-state index in [2.05, 4.69) is 20.1 Å². The molecule has 0 aliphatic heterocycles. The predicted octanol–water partition coefficient (Wildman–Crippen LogP) is 1.17. The van der Waals surface area contributed by atoms with Gasteiger partial charge in [-0.25, -0.2) is 4.98 Å². The van der Waals surface area contributed by atoms with Gasteiger partial charge in [0.2, 0.25) is 0 Å². The number of nitrogens with one attached hydrogen (secondary N) is 1. The molecule has 0 spiro atoms. The Hall–Kier alpha value is -2.41. The third kappa shape index (κ3) is 1.93. The fourth-order valence-electron chi connectivity index (χ4n) is 1.84. The maximum Gasteiger partial charge on any atom is 0.265 e. The molecule has 19 heavy (non-hydrogen) atoms. The third-order valence-electron chi connectivity index (χ3n) is 2.76. The van der Waals surface area contributed by atoms with E-state index < -0.39 is 0 Å². The SMILES string of the molecule is CN(C)c1noc(-c2cccc3[nH]c(CO)nc23)n1. The number of nitrogens with zero attached hydrogens (tertiary/aromatic N) is 4. The van der Waals surface area contributed by atoms with E-state index >= 15 is 0 Å². The normalized spacial score (nSPS) is 11.1. The van der Waals surface area contributed by atoms with Crippen LogP contribution < -0.4 is 4.90 Å². The van der Waals surface area contributed by atoms with Crippen molar-refractivity contribution in [3.63, 3.8) is 0 Å². The van der Waals surface area contributed by atoms with Crippen molar-refractivity contribution in [1.82, 2.24) is 20.1 Å². The van der Waals surface area contributed by atoms with Crippen LogP contribution in [0.1, 0.15) is 5.82 Å². The number of hydrogen-bond donors (Lipinski definition) is 2. The molecule has 0 atom stereocenters. The minimum Gasteiger partial charge on any atom is -0.388 e. The van der Waals surface area contributed by atoms with Crippen molar-refractivity contribution in [1.29, 1.82) is 0 Å². The summed E-state index contributed by atoms with van der Waals surface area (Å²) in [6.07, 6.45) is 0. The molecule has 7 heteroatoms. The van der Waals surface area contributed by atoms with Gasteiger partial charge in [-0.2, -0.15) is 4.98 Å². The second-order valence-electron chi connectivity index (χ2n) is 4.34. The molecule has 0 aliphatic carbocycles. The molecule has 2 N–H and O–H groups in total. The first kappa shape index (κ1) is 11.7. The first-order chi connectivity index (χ1) is 9.19. The molecule has 3 rings (SSSR count). The van der Waals surface area contributed by atoms with Gasteiger partial charge in [0.05, 0.1) is 11.1 Å². The summed E-state index contributed by atoms with van der Waals surface area (Å²) in [4.78, 5) is 13.4. The second kappa shape index (κ2) is 4.36. The van der Waals surface area contributed by atoms with Gasteiger partial charge in [-0.05, 0) is 17.3 Å². The Kier molecular flexibility index (Phi) is 2.68. The van der Waals surface area contributed by atoms with Gasteiger partial charge in [0.15, 0.2) is 0 Å². The van der Waals surface area contributed by atoms with Crippen LogP contribution in [-0.4, -0.2) is 39.3 Å². The minimum absolute atomic E-state index is 0.138. The number of para-hydroxylation sites is 1. The summed E-state index contributed by atoms with van der Waals surface area (Å²) in [6.45, 7) is -0.138. The monoisotopic (exact) mass is 259 g/mol. The number of hydrogen-bond acceptors (Lipinski definition) is 6. The molecule has 0 fully saturated rings. The summed E-state index contributed by atoms with van der Waals surface area (Å²) in [5.74, 6) is 1.42. The average Bonchev–Trinajstić information content (AvgIpc) is 3.04. The van der Waals surface area contributed by atoms with E-state index in [0.717, 1.165) is 11.1 Å². The summed E-state index contributed by atoms with van der Waals surface area (Å²) >= 11 is 0. The molecule has 7 nitrogen and oxygen atoms in total. The molecule has 1 aromatic carbocycles. The van der Waals surface area contributed by atoms with Gasteiger partial charge in [-0.3, -0.25) is 0 Å². The molecular weight excluding hydrogens is 246 g/mol. The Labute approximate surface area is 108 Å². The number of fused-ring (bicyclic) bond motifs is 1. The van der Waals surface area contributed by atoms with Gasteiger partial charge in [0.1, 0.15) is 17.9 Å². The molecule has 0 unspecified atom stereocenters. The third-order valence-corrected chi connectivity index (χ3v) is 2.76. The Balaban J connectivity index is 2.15. The zero-order valence-corrected chi connectivity index (χ0v) is 10.6. The van der Waals surface area contributed by atoms with Crippen LogP contribution in [0, 0.1) is 0 Å². The van der Waals surface area contributed by atoms with Crippen LogP contribution in [0.4, 0.5) is 5.95 Å². The van der Waals surface area contributed by atoms with Crippen molar-refractivity contribution in [2.75, 3.05) is 19.0 Å². The van der Waals surface area contributed by atoms with Crippen LogP contribution in [0.25, 0.3) is 22.5 Å². The smallest absolute Gasteiger partial charge is 0.265 e. The standard InChI is InChI=1S/C12H13N5O2/c1-17(2)12-15-11(19-16-12)7-4-3-5-8-10(7)14-9(6-18)13-8/h3-5,18H,6H2,1-2H3,(H,13,14). The molecule has 0 bridgehead atoms. The molecule has 0 amide bonds. The topological polar surface area (TPSA) is 91.1 Å². The Morgan fingerprint density at radius 3 is 2.84 bits per heavy atom. The number of aliphatic hydroxyl groups is 1. The highest BCUT2D eigenvalue weighted by atomic mass is 16.5. The highest BCUT2D eigenvalue weighted by Gasteiger charge is 2.15. The lowest BCUT2D eigenvalue weighted by molar-refractivity contribution is 0.273. The Bertz CT molecular complexity index is 716. The number of anilines is 1. The molecule has 2 aromatic heterocycles. The van der Waals surface area contributed by atoms with E-state index in [1.165, 1.54) is 0 Å². The molecule has 2 heterocycles. The fourth-order valence-corrected chi connectivity index (χ4v) is 1.84. The van der Waals surface area contributed by atoms with Crippen molar-refractivity contribution < 1.29 is 9.63 Å². The molecule has 0 radical (unpaired) electrons. The number of aliphatic hydroxyl groups excluding tert-OH is 1. The summed E-state index contributed by atoms with van der Waals surface area (Å²) < 4.78 is 5.24. The highest BCUT2D eigenvalue weighted by molar-refractivity contribution is 5.89. The number of imidazole rings is 1. The van der Waals surface area contributed by atoms with Crippen LogP contribution in [-0.2, 0) is 6.61 Å². The molecule has 98 valence electrons. The van der Waals surface area contributed by atoms with Crippen molar-refractivity contribution in [3.05, 3.63) is 24.0 Å². The maximum absolute atomic E-state index is 9.13. The Morgan fingerprint density at radius 1 is 1.32 bits per heavy atom. The van der Waals surface area contributed by atoms with Gasteiger partial charge in [-0.1, -0.05) is 6.07 Å². The molecular formula is C12H13N5O2. The van der Waals surface area contributed by atoms with Crippen molar-refractivity contribution in [3.8, 4) is 11.5 Å². The summed E-state index contributed by atoms with van der Waals surface area (Å²) in [5, 5.41) is 13.0. The highest BCUT2D eigenvalue weighted by Crippen LogP contribution is 2.26. The number of H-pyrrole nitrogens is 1. The number of benzene rings is 1. The molecule has 0 saturated heterocycles. The van der Waals surface area contributed by atoms with E-state index in [9.17, 15) is 0 Å².